The van der Waals surface area contributed by atoms with Crippen molar-refractivity contribution in [1.29, 1.82) is 0 Å². The van der Waals surface area contributed by atoms with E-state index in [2.05, 4.69) is 10.1 Å². The normalized spacial score (nSPS) is 18.9. The van der Waals surface area contributed by atoms with Gasteiger partial charge >= 0.3 is 0 Å². The van der Waals surface area contributed by atoms with Crippen LogP contribution < -0.4 is 15.2 Å². The fraction of sp³-hybridized carbons (Fsp3) is 0.429. The van der Waals surface area contributed by atoms with Crippen molar-refractivity contribution in [3.63, 3.8) is 0 Å². The zero-order chi connectivity index (χ0) is 13.5. The van der Waals surface area contributed by atoms with Crippen molar-refractivity contribution in [3.8, 4) is 11.5 Å². The molecule has 0 radical (unpaired) electrons. The van der Waals surface area contributed by atoms with E-state index in [0.29, 0.717) is 30.8 Å². The highest BCUT2D eigenvalue weighted by Crippen LogP contribution is 2.39. The van der Waals surface area contributed by atoms with E-state index in [1.807, 2.05) is 18.2 Å². The lowest BCUT2D eigenvalue weighted by atomic mass is 10.1. The van der Waals surface area contributed by atoms with Crippen molar-refractivity contribution in [2.75, 3.05) is 13.2 Å². The average Bonchev–Trinajstić information content (AvgIpc) is 3.23. The van der Waals surface area contributed by atoms with Crippen LogP contribution in [-0.4, -0.2) is 23.4 Å². The molecule has 2 heterocycles. The van der Waals surface area contributed by atoms with Gasteiger partial charge in [-0.1, -0.05) is 11.2 Å². The summed E-state index contributed by atoms with van der Waals surface area (Å²) in [6, 6.07) is 5.24. The van der Waals surface area contributed by atoms with Gasteiger partial charge in [0.05, 0.1) is 6.04 Å². The molecule has 0 amide bonds. The van der Waals surface area contributed by atoms with Gasteiger partial charge in [-0.05, 0) is 30.5 Å². The van der Waals surface area contributed by atoms with E-state index in [1.165, 1.54) is 0 Å². The Hall–Kier alpha value is -2.08. The number of benzene rings is 1. The molecular weight excluding hydrogens is 258 g/mol. The van der Waals surface area contributed by atoms with Crippen LogP contribution in [0.25, 0.3) is 0 Å². The number of ether oxygens (including phenoxy) is 2. The first-order chi connectivity index (χ1) is 9.81. The van der Waals surface area contributed by atoms with Gasteiger partial charge in [-0.3, -0.25) is 0 Å². The van der Waals surface area contributed by atoms with Crippen LogP contribution in [0.4, 0.5) is 0 Å². The molecule has 1 fully saturated rings. The number of rotatable bonds is 3. The molecule has 2 aliphatic rings. The molecule has 0 saturated heterocycles. The highest BCUT2D eigenvalue weighted by molar-refractivity contribution is 5.45. The Balaban J connectivity index is 1.61. The van der Waals surface area contributed by atoms with Crippen LogP contribution in [-0.2, 0) is 0 Å². The fourth-order valence-corrected chi connectivity index (χ4v) is 2.27. The molecule has 20 heavy (non-hydrogen) atoms. The third-order valence-corrected chi connectivity index (χ3v) is 3.59. The molecule has 4 rings (SSSR count). The minimum atomic E-state index is -0.415. The minimum Gasteiger partial charge on any atom is -0.486 e. The van der Waals surface area contributed by atoms with Gasteiger partial charge in [-0.15, -0.1) is 0 Å². The molecule has 0 bridgehead atoms. The summed E-state index contributed by atoms with van der Waals surface area (Å²) >= 11 is 0. The Morgan fingerprint density at radius 1 is 1.15 bits per heavy atom. The predicted octanol–water partition coefficient (Wildman–Crippen LogP) is 1.77. The van der Waals surface area contributed by atoms with E-state index in [-0.39, 0.29) is 0 Å². The Bertz CT molecular complexity index is 636. The van der Waals surface area contributed by atoms with Crippen molar-refractivity contribution in [3.05, 3.63) is 35.5 Å². The van der Waals surface area contributed by atoms with Gasteiger partial charge in [0.25, 0.3) is 0 Å². The van der Waals surface area contributed by atoms with E-state index >= 15 is 0 Å². The van der Waals surface area contributed by atoms with Gasteiger partial charge in [0, 0.05) is 5.92 Å². The van der Waals surface area contributed by atoms with E-state index in [9.17, 15) is 0 Å². The third-order valence-electron chi connectivity index (χ3n) is 3.59. The summed E-state index contributed by atoms with van der Waals surface area (Å²) in [4.78, 5) is 4.39. The van der Waals surface area contributed by atoms with E-state index in [0.717, 1.165) is 29.9 Å². The van der Waals surface area contributed by atoms with Gasteiger partial charge in [-0.25, -0.2) is 0 Å². The summed E-state index contributed by atoms with van der Waals surface area (Å²) in [6.45, 7) is 1.13. The quantitative estimate of drug-likeness (QED) is 0.917. The van der Waals surface area contributed by atoms with Crippen LogP contribution in [0, 0.1) is 0 Å². The summed E-state index contributed by atoms with van der Waals surface area (Å²) in [7, 11) is 0. The Morgan fingerprint density at radius 2 is 1.95 bits per heavy atom. The number of nitrogens with zero attached hydrogens (tertiary/aromatic N) is 2. The monoisotopic (exact) mass is 273 g/mol. The Labute approximate surface area is 115 Å². The van der Waals surface area contributed by atoms with Crippen molar-refractivity contribution in [2.24, 2.45) is 5.73 Å². The van der Waals surface area contributed by atoms with Crippen molar-refractivity contribution in [2.45, 2.75) is 24.8 Å². The Kier molecular flexibility index (Phi) is 2.63. The summed E-state index contributed by atoms with van der Waals surface area (Å²) in [5.74, 6) is 3.12. The van der Waals surface area contributed by atoms with Crippen molar-refractivity contribution < 1.29 is 14.0 Å². The maximum absolute atomic E-state index is 6.20. The zero-order valence-corrected chi connectivity index (χ0v) is 10.9. The first-order valence-electron chi connectivity index (χ1n) is 6.80. The summed E-state index contributed by atoms with van der Waals surface area (Å²) in [6.07, 6.45) is 2.25. The second-order valence-corrected chi connectivity index (χ2v) is 5.15. The molecule has 1 saturated carbocycles. The minimum absolute atomic E-state index is 0.415. The van der Waals surface area contributed by atoms with Crippen LogP contribution >= 0.6 is 0 Å². The van der Waals surface area contributed by atoms with Crippen LogP contribution in [0.1, 0.15) is 42.1 Å². The lowest BCUT2D eigenvalue weighted by molar-refractivity contribution is 0.171. The maximum Gasteiger partial charge on any atom is 0.229 e. The topological polar surface area (TPSA) is 83.4 Å². The molecule has 2 N–H and O–H groups in total. The second-order valence-electron chi connectivity index (χ2n) is 5.15. The van der Waals surface area contributed by atoms with Crippen molar-refractivity contribution >= 4 is 0 Å². The highest BCUT2D eigenvalue weighted by atomic mass is 16.6. The number of hydrogen-bond acceptors (Lipinski definition) is 6. The van der Waals surface area contributed by atoms with Crippen LogP contribution in [0.15, 0.2) is 22.7 Å². The second kappa shape index (κ2) is 4.49. The molecule has 104 valence electrons. The van der Waals surface area contributed by atoms with Crippen LogP contribution in [0.3, 0.4) is 0 Å². The van der Waals surface area contributed by atoms with Crippen molar-refractivity contribution in [1.82, 2.24) is 10.1 Å². The Morgan fingerprint density at radius 3 is 2.75 bits per heavy atom. The molecule has 1 unspecified atom stereocenters. The molecule has 6 heteroatoms. The van der Waals surface area contributed by atoms with Gasteiger partial charge in [0.2, 0.25) is 5.89 Å². The predicted molar refractivity (Wildman–Crippen MR) is 69.7 cm³/mol. The molecule has 1 aromatic carbocycles. The number of fused-ring (bicyclic) bond motifs is 1. The standard InChI is InChI=1S/C14H15N3O3/c15-12(13-16-14(20-17-13)8-1-2-8)9-3-4-10-11(7-9)19-6-5-18-10/h3-4,7-8,12H,1-2,5-6,15H2. The van der Waals surface area contributed by atoms with E-state index in [1.54, 1.807) is 0 Å². The average molecular weight is 273 g/mol. The molecule has 1 aliphatic carbocycles. The SMILES string of the molecule is NC(c1ccc2c(c1)OCCO2)c1noc(C2CC2)n1. The lowest BCUT2D eigenvalue weighted by Crippen LogP contribution is -2.17. The number of nitrogens with two attached hydrogens (primary N) is 1. The van der Waals surface area contributed by atoms with Gasteiger partial charge in [-0.2, -0.15) is 4.98 Å². The fourth-order valence-electron chi connectivity index (χ4n) is 2.27. The van der Waals surface area contributed by atoms with Crippen LogP contribution in [0.5, 0.6) is 11.5 Å². The third kappa shape index (κ3) is 2.02. The smallest absolute Gasteiger partial charge is 0.229 e. The van der Waals surface area contributed by atoms with E-state index < -0.39 is 6.04 Å². The molecular formula is C14H15N3O3. The summed E-state index contributed by atoms with van der Waals surface area (Å²) in [5, 5.41) is 3.98. The van der Waals surface area contributed by atoms with Crippen LogP contribution in [0.2, 0.25) is 0 Å². The van der Waals surface area contributed by atoms with Gasteiger partial charge in [0.1, 0.15) is 13.2 Å². The first-order valence-corrected chi connectivity index (χ1v) is 6.80. The molecule has 1 atom stereocenters. The van der Waals surface area contributed by atoms with Gasteiger partial charge in [0.15, 0.2) is 17.3 Å². The highest BCUT2D eigenvalue weighted by Gasteiger charge is 2.30. The molecule has 1 aliphatic heterocycles. The lowest BCUT2D eigenvalue weighted by Gasteiger charge is -2.19. The van der Waals surface area contributed by atoms with Gasteiger partial charge < -0.3 is 19.7 Å². The first kappa shape index (κ1) is 11.7. The molecule has 2 aromatic rings. The maximum atomic E-state index is 6.20. The van der Waals surface area contributed by atoms with E-state index in [4.69, 9.17) is 19.7 Å². The molecule has 0 spiro atoms. The summed E-state index contributed by atoms with van der Waals surface area (Å²) in [5.41, 5.74) is 7.09. The number of aromatic nitrogens is 2. The molecule has 6 nitrogen and oxygen atoms in total. The number of hydrogen-bond donors (Lipinski definition) is 1. The summed E-state index contributed by atoms with van der Waals surface area (Å²) < 4.78 is 16.3. The zero-order valence-electron chi connectivity index (χ0n) is 10.9. The largest absolute Gasteiger partial charge is 0.486 e. The molecule has 1 aromatic heterocycles.